The Morgan fingerprint density at radius 3 is 2.52 bits per heavy atom. The van der Waals surface area contributed by atoms with Crippen molar-refractivity contribution in [3.05, 3.63) is 52.6 Å². The van der Waals surface area contributed by atoms with Gasteiger partial charge in [-0.3, -0.25) is 0 Å². The highest BCUT2D eigenvalue weighted by molar-refractivity contribution is 9.10. The first-order chi connectivity index (χ1) is 11.2. The summed E-state index contributed by atoms with van der Waals surface area (Å²) in [6, 6.07) is 12.5. The van der Waals surface area contributed by atoms with Crippen LogP contribution in [0, 0.1) is 0 Å². The number of benzene rings is 1. The third kappa shape index (κ3) is 4.65. The number of aromatic nitrogens is 1. The van der Waals surface area contributed by atoms with E-state index in [1.54, 1.807) is 6.20 Å². The number of rotatable bonds is 4. The molecule has 120 valence electrons. The van der Waals surface area contributed by atoms with Crippen molar-refractivity contribution >= 4 is 44.8 Å². The zero-order chi connectivity index (χ0) is 16.1. The lowest BCUT2D eigenvalue weighted by molar-refractivity contribution is 0.920. The van der Waals surface area contributed by atoms with Gasteiger partial charge in [-0.2, -0.15) is 0 Å². The van der Waals surface area contributed by atoms with E-state index >= 15 is 0 Å². The van der Waals surface area contributed by atoms with Gasteiger partial charge in [-0.25, -0.2) is 4.98 Å². The molecule has 0 atom stereocenters. The number of pyridine rings is 1. The number of thiocarbonyl (C=S) groups is 1. The molecule has 0 aliphatic carbocycles. The molecule has 2 aromatic rings. The van der Waals surface area contributed by atoms with Crippen molar-refractivity contribution in [1.29, 1.82) is 0 Å². The van der Waals surface area contributed by atoms with Gasteiger partial charge in [-0.15, -0.1) is 0 Å². The Hall–Kier alpha value is -1.66. The first kappa shape index (κ1) is 16.2. The Kier molecular flexibility index (Phi) is 5.46. The largest absolute Gasteiger partial charge is 0.372 e. The van der Waals surface area contributed by atoms with Gasteiger partial charge in [0.25, 0.3) is 0 Å². The van der Waals surface area contributed by atoms with Gasteiger partial charge < -0.3 is 15.5 Å². The first-order valence-electron chi connectivity index (χ1n) is 7.71. The number of halogens is 1. The average molecular weight is 391 g/mol. The van der Waals surface area contributed by atoms with Crippen LogP contribution < -0.4 is 15.5 Å². The van der Waals surface area contributed by atoms with Gasteiger partial charge in [0.1, 0.15) is 5.82 Å². The van der Waals surface area contributed by atoms with Crippen LogP contribution in [0.3, 0.4) is 0 Å². The molecule has 2 N–H and O–H groups in total. The predicted molar refractivity (Wildman–Crippen MR) is 103 cm³/mol. The predicted octanol–water partition coefficient (Wildman–Crippen LogP) is 3.93. The van der Waals surface area contributed by atoms with E-state index in [-0.39, 0.29) is 0 Å². The summed E-state index contributed by atoms with van der Waals surface area (Å²) in [6.45, 7) is 3.04. The van der Waals surface area contributed by atoms with Crippen LogP contribution in [-0.2, 0) is 6.54 Å². The molecule has 1 aliphatic rings. The summed E-state index contributed by atoms with van der Waals surface area (Å²) in [6.07, 6.45) is 4.34. The van der Waals surface area contributed by atoms with Crippen LogP contribution in [-0.4, -0.2) is 23.2 Å². The van der Waals surface area contributed by atoms with Crippen LogP contribution in [0.5, 0.6) is 0 Å². The van der Waals surface area contributed by atoms with Gasteiger partial charge in [0.15, 0.2) is 5.11 Å². The maximum atomic E-state index is 5.30. The van der Waals surface area contributed by atoms with Gasteiger partial charge in [0, 0.05) is 36.0 Å². The van der Waals surface area contributed by atoms with Crippen LogP contribution in [0.1, 0.15) is 18.4 Å². The summed E-state index contributed by atoms with van der Waals surface area (Å²) >= 11 is 8.66. The van der Waals surface area contributed by atoms with E-state index in [4.69, 9.17) is 12.2 Å². The molecule has 0 spiro atoms. The minimum absolute atomic E-state index is 0.573. The Bertz CT molecular complexity index is 651. The standard InChI is InChI=1S/C17H19BrN4S/c18-14-5-8-16(19-12-14)21-17(23)20-11-13-3-6-15(7-4-13)22-9-1-2-10-22/h3-8,12H,1-2,9-11H2,(H2,19,20,21,23). The smallest absolute Gasteiger partial charge is 0.172 e. The van der Waals surface area contributed by atoms with Gasteiger partial charge in [0.05, 0.1) is 0 Å². The average Bonchev–Trinajstić information content (AvgIpc) is 3.10. The van der Waals surface area contributed by atoms with Crippen molar-refractivity contribution in [2.45, 2.75) is 19.4 Å². The number of anilines is 2. The van der Waals surface area contributed by atoms with Crippen molar-refractivity contribution in [2.24, 2.45) is 0 Å². The van der Waals surface area contributed by atoms with Crippen LogP contribution in [0.25, 0.3) is 0 Å². The van der Waals surface area contributed by atoms with Crippen LogP contribution in [0.2, 0.25) is 0 Å². The Morgan fingerprint density at radius 2 is 1.87 bits per heavy atom. The lowest BCUT2D eigenvalue weighted by Crippen LogP contribution is -2.28. The molecule has 0 unspecified atom stereocenters. The monoisotopic (exact) mass is 390 g/mol. The van der Waals surface area contributed by atoms with Crippen LogP contribution in [0.15, 0.2) is 47.1 Å². The molecule has 0 radical (unpaired) electrons. The Labute approximate surface area is 150 Å². The maximum Gasteiger partial charge on any atom is 0.172 e. The van der Waals surface area contributed by atoms with Gasteiger partial charge in [-0.05, 0) is 70.8 Å². The number of nitrogens with zero attached hydrogens (tertiary/aromatic N) is 2. The quantitative estimate of drug-likeness (QED) is 0.773. The summed E-state index contributed by atoms with van der Waals surface area (Å²) in [4.78, 5) is 6.67. The summed E-state index contributed by atoms with van der Waals surface area (Å²) in [7, 11) is 0. The lowest BCUT2D eigenvalue weighted by Gasteiger charge is -2.18. The van der Waals surface area contributed by atoms with Crippen LogP contribution in [0.4, 0.5) is 11.5 Å². The summed E-state index contributed by atoms with van der Waals surface area (Å²) in [5.41, 5.74) is 2.52. The second-order valence-electron chi connectivity index (χ2n) is 5.53. The Balaban J connectivity index is 1.49. The highest BCUT2D eigenvalue weighted by atomic mass is 79.9. The van der Waals surface area contributed by atoms with E-state index in [9.17, 15) is 0 Å². The topological polar surface area (TPSA) is 40.2 Å². The molecule has 3 rings (SSSR count). The zero-order valence-electron chi connectivity index (χ0n) is 12.8. The molecular weight excluding hydrogens is 372 g/mol. The van der Waals surface area contributed by atoms with Gasteiger partial charge in [0.2, 0.25) is 0 Å². The molecular formula is C17H19BrN4S. The fourth-order valence-corrected chi connectivity index (χ4v) is 3.00. The molecule has 0 saturated carbocycles. The normalized spacial score (nSPS) is 13.9. The SMILES string of the molecule is S=C(NCc1ccc(N2CCCC2)cc1)Nc1ccc(Br)cn1. The summed E-state index contributed by atoms with van der Waals surface area (Å²) in [5, 5.41) is 6.85. The van der Waals surface area contributed by atoms with E-state index in [0.717, 1.165) is 10.3 Å². The lowest BCUT2D eigenvalue weighted by atomic mass is 10.2. The number of nitrogens with one attached hydrogen (secondary N) is 2. The molecule has 1 fully saturated rings. The molecule has 1 aromatic carbocycles. The third-order valence-electron chi connectivity index (χ3n) is 3.83. The Morgan fingerprint density at radius 1 is 1.13 bits per heavy atom. The second kappa shape index (κ2) is 7.75. The van der Waals surface area contributed by atoms with Crippen molar-refractivity contribution in [3.8, 4) is 0 Å². The molecule has 1 aliphatic heterocycles. The summed E-state index contributed by atoms with van der Waals surface area (Å²) in [5.74, 6) is 0.732. The molecule has 1 saturated heterocycles. The minimum atomic E-state index is 0.573. The zero-order valence-corrected chi connectivity index (χ0v) is 15.2. The fourth-order valence-electron chi connectivity index (χ4n) is 2.59. The van der Waals surface area contributed by atoms with Gasteiger partial charge in [-0.1, -0.05) is 12.1 Å². The molecule has 1 aromatic heterocycles. The van der Waals surface area contributed by atoms with Crippen molar-refractivity contribution in [2.75, 3.05) is 23.3 Å². The summed E-state index contributed by atoms with van der Waals surface area (Å²) < 4.78 is 0.944. The molecule has 2 heterocycles. The molecule has 6 heteroatoms. The van der Waals surface area contributed by atoms with E-state index in [1.807, 2.05) is 12.1 Å². The minimum Gasteiger partial charge on any atom is -0.372 e. The third-order valence-corrected chi connectivity index (χ3v) is 4.55. The molecule has 23 heavy (non-hydrogen) atoms. The second-order valence-corrected chi connectivity index (χ2v) is 6.85. The van der Waals surface area contributed by atoms with E-state index in [0.29, 0.717) is 11.7 Å². The molecule has 4 nitrogen and oxygen atoms in total. The van der Waals surface area contributed by atoms with Crippen molar-refractivity contribution in [3.63, 3.8) is 0 Å². The van der Waals surface area contributed by atoms with Crippen molar-refractivity contribution in [1.82, 2.24) is 10.3 Å². The first-order valence-corrected chi connectivity index (χ1v) is 8.91. The molecule has 0 amide bonds. The maximum absolute atomic E-state index is 5.30. The van der Waals surface area contributed by atoms with Crippen molar-refractivity contribution < 1.29 is 0 Å². The van der Waals surface area contributed by atoms with E-state index < -0.39 is 0 Å². The van der Waals surface area contributed by atoms with E-state index in [2.05, 4.69) is 60.7 Å². The highest BCUT2D eigenvalue weighted by Crippen LogP contribution is 2.20. The van der Waals surface area contributed by atoms with E-state index in [1.165, 1.54) is 37.2 Å². The number of hydrogen-bond donors (Lipinski definition) is 2. The van der Waals surface area contributed by atoms with Crippen LogP contribution >= 0.6 is 28.1 Å². The highest BCUT2D eigenvalue weighted by Gasteiger charge is 2.11. The number of hydrogen-bond acceptors (Lipinski definition) is 3. The van der Waals surface area contributed by atoms with Gasteiger partial charge >= 0.3 is 0 Å². The molecule has 0 bridgehead atoms. The fraction of sp³-hybridized carbons (Fsp3) is 0.294.